The molecule has 0 N–H and O–H groups in total. The molecule has 4 heteroatoms. The van der Waals surface area contributed by atoms with E-state index in [2.05, 4.69) is 26.9 Å². The first-order chi connectivity index (χ1) is 5.74. The van der Waals surface area contributed by atoms with Gasteiger partial charge in [0, 0.05) is 13.6 Å². The van der Waals surface area contributed by atoms with Crippen LogP contribution < -0.4 is 4.90 Å². The number of anilines is 1. The molecule has 12 heavy (non-hydrogen) atoms. The molecular weight excluding hydrogens is 236 g/mol. The van der Waals surface area contributed by atoms with E-state index in [4.69, 9.17) is 5.26 Å². The minimum absolute atomic E-state index is 0.575. The van der Waals surface area contributed by atoms with Crippen molar-refractivity contribution in [3.63, 3.8) is 0 Å². The van der Waals surface area contributed by atoms with Gasteiger partial charge in [-0.3, -0.25) is 0 Å². The molecule has 0 radical (unpaired) electrons. The summed E-state index contributed by atoms with van der Waals surface area (Å²) in [7, 11) is 2.00. The maximum absolute atomic E-state index is 8.38. The molecule has 0 aliphatic carbocycles. The fourth-order valence-corrected chi connectivity index (χ4v) is 2.19. The summed E-state index contributed by atoms with van der Waals surface area (Å²) in [5, 5.41) is 9.58. The van der Waals surface area contributed by atoms with Gasteiger partial charge in [-0.15, -0.1) is 11.3 Å². The first-order valence-corrected chi connectivity index (χ1v) is 5.18. The van der Waals surface area contributed by atoms with Crippen molar-refractivity contribution in [2.24, 2.45) is 0 Å². The molecule has 0 spiro atoms. The Morgan fingerprint density at radius 1 is 1.67 bits per heavy atom. The third-order valence-corrected chi connectivity index (χ3v) is 3.23. The average molecular weight is 245 g/mol. The van der Waals surface area contributed by atoms with E-state index in [-0.39, 0.29) is 0 Å². The number of halogens is 1. The maximum Gasteiger partial charge on any atom is 0.0918 e. The molecule has 0 fully saturated rings. The molecule has 2 nitrogen and oxygen atoms in total. The van der Waals surface area contributed by atoms with Crippen LogP contribution in [0.25, 0.3) is 0 Å². The van der Waals surface area contributed by atoms with Gasteiger partial charge in [-0.25, -0.2) is 0 Å². The zero-order chi connectivity index (χ0) is 8.97. The summed E-state index contributed by atoms with van der Waals surface area (Å²) in [6.07, 6.45) is 0.575. The number of hydrogen-bond acceptors (Lipinski definition) is 3. The normalized spacial score (nSPS) is 9.42. The molecule has 0 aliphatic rings. The van der Waals surface area contributed by atoms with Crippen LogP contribution in [0, 0.1) is 11.3 Å². The minimum Gasteiger partial charge on any atom is -0.365 e. The molecule has 1 rings (SSSR count). The molecule has 1 heterocycles. The van der Waals surface area contributed by atoms with Crippen molar-refractivity contribution in [1.29, 1.82) is 5.26 Å². The second kappa shape index (κ2) is 4.48. The lowest BCUT2D eigenvalue weighted by Gasteiger charge is -2.13. The second-order valence-corrected chi connectivity index (χ2v) is 4.85. The van der Waals surface area contributed by atoms with E-state index in [1.54, 1.807) is 11.3 Å². The van der Waals surface area contributed by atoms with Gasteiger partial charge in [-0.2, -0.15) is 5.26 Å². The first-order valence-electron chi connectivity index (χ1n) is 3.57. The summed E-state index contributed by atoms with van der Waals surface area (Å²) < 4.78 is 1.13. The fraction of sp³-hybridized carbons (Fsp3) is 0.375. The van der Waals surface area contributed by atoms with Gasteiger partial charge in [0.1, 0.15) is 0 Å². The Labute approximate surface area is 84.6 Å². The maximum atomic E-state index is 8.38. The number of nitrogens with zero attached hydrogens (tertiary/aromatic N) is 2. The van der Waals surface area contributed by atoms with Crippen LogP contribution in [0.1, 0.15) is 6.42 Å². The molecule has 0 atom stereocenters. The number of rotatable bonds is 3. The second-order valence-electron chi connectivity index (χ2n) is 2.41. The summed E-state index contributed by atoms with van der Waals surface area (Å²) in [5.41, 5.74) is 0. The van der Waals surface area contributed by atoms with Crippen LogP contribution in [0.4, 0.5) is 5.00 Å². The summed E-state index contributed by atoms with van der Waals surface area (Å²) in [4.78, 5) is 2.08. The highest BCUT2D eigenvalue weighted by Gasteiger charge is 2.02. The Hall–Kier alpha value is -0.530. The van der Waals surface area contributed by atoms with Crippen LogP contribution >= 0.6 is 27.3 Å². The average Bonchev–Trinajstić information content (AvgIpc) is 2.47. The smallest absolute Gasteiger partial charge is 0.0918 e. The van der Waals surface area contributed by atoms with Crippen LogP contribution in [0.5, 0.6) is 0 Å². The number of nitriles is 1. The third kappa shape index (κ3) is 2.50. The van der Waals surface area contributed by atoms with Gasteiger partial charge in [0.15, 0.2) is 0 Å². The van der Waals surface area contributed by atoms with Gasteiger partial charge in [0.05, 0.1) is 21.3 Å². The number of hydrogen-bond donors (Lipinski definition) is 0. The fourth-order valence-electron chi connectivity index (χ4n) is 0.838. The highest BCUT2D eigenvalue weighted by Crippen LogP contribution is 2.28. The van der Waals surface area contributed by atoms with Crippen LogP contribution in [-0.2, 0) is 0 Å². The molecule has 0 amide bonds. The largest absolute Gasteiger partial charge is 0.365 e. The lowest BCUT2D eigenvalue weighted by molar-refractivity contribution is 0.915. The van der Waals surface area contributed by atoms with E-state index in [1.807, 2.05) is 19.2 Å². The number of thiophene rings is 1. The predicted octanol–water partition coefficient (Wildman–Crippen LogP) is 2.86. The summed E-state index contributed by atoms with van der Waals surface area (Å²) >= 11 is 5.07. The molecule has 0 aliphatic heterocycles. The lowest BCUT2D eigenvalue weighted by atomic mass is 10.4. The molecule has 0 saturated carbocycles. The quantitative estimate of drug-likeness (QED) is 0.818. The van der Waals surface area contributed by atoms with Crippen molar-refractivity contribution in [2.45, 2.75) is 6.42 Å². The zero-order valence-corrected chi connectivity index (χ0v) is 9.15. The molecule has 1 aromatic heterocycles. The Kier molecular flexibility index (Phi) is 3.57. The van der Waals surface area contributed by atoms with Crippen LogP contribution in [-0.4, -0.2) is 13.6 Å². The summed E-state index contributed by atoms with van der Waals surface area (Å²) in [6, 6.07) is 6.19. The van der Waals surface area contributed by atoms with Crippen LogP contribution in [0.2, 0.25) is 0 Å². The van der Waals surface area contributed by atoms with Crippen molar-refractivity contribution in [2.75, 3.05) is 18.5 Å². The van der Waals surface area contributed by atoms with Gasteiger partial charge in [0.25, 0.3) is 0 Å². The van der Waals surface area contributed by atoms with E-state index in [0.717, 1.165) is 10.3 Å². The van der Waals surface area contributed by atoms with Crippen LogP contribution in [0.3, 0.4) is 0 Å². The van der Waals surface area contributed by atoms with E-state index in [9.17, 15) is 0 Å². The SMILES string of the molecule is CN(CCC#N)c1ccc(Br)s1. The van der Waals surface area contributed by atoms with Crippen molar-refractivity contribution >= 4 is 32.3 Å². The Morgan fingerprint density at radius 2 is 2.42 bits per heavy atom. The van der Waals surface area contributed by atoms with E-state index < -0.39 is 0 Å². The third-order valence-electron chi connectivity index (χ3n) is 1.49. The molecule has 1 aromatic rings. The van der Waals surface area contributed by atoms with Crippen molar-refractivity contribution in [3.05, 3.63) is 15.9 Å². The van der Waals surface area contributed by atoms with E-state index in [0.29, 0.717) is 6.42 Å². The highest BCUT2D eigenvalue weighted by molar-refractivity contribution is 9.11. The van der Waals surface area contributed by atoms with Gasteiger partial charge >= 0.3 is 0 Å². The molecular formula is C8H9BrN2S. The molecule has 64 valence electrons. The zero-order valence-electron chi connectivity index (χ0n) is 6.75. The van der Waals surface area contributed by atoms with E-state index >= 15 is 0 Å². The van der Waals surface area contributed by atoms with Crippen molar-refractivity contribution < 1.29 is 0 Å². The van der Waals surface area contributed by atoms with Crippen LogP contribution in [0.15, 0.2) is 15.9 Å². The van der Waals surface area contributed by atoms with Crippen molar-refractivity contribution in [3.8, 4) is 6.07 Å². The van der Waals surface area contributed by atoms with E-state index in [1.165, 1.54) is 5.00 Å². The molecule has 0 aromatic carbocycles. The Balaban J connectivity index is 2.54. The molecule has 0 saturated heterocycles. The monoisotopic (exact) mass is 244 g/mol. The van der Waals surface area contributed by atoms with Gasteiger partial charge in [0.2, 0.25) is 0 Å². The van der Waals surface area contributed by atoms with Gasteiger partial charge in [-0.1, -0.05) is 0 Å². The summed E-state index contributed by atoms with van der Waals surface area (Å²) in [6.45, 7) is 0.795. The lowest BCUT2D eigenvalue weighted by Crippen LogP contribution is -2.16. The standard InChI is InChI=1S/C8H9BrN2S/c1-11(6-2-5-10)8-4-3-7(9)12-8/h3-4H,2,6H2,1H3. The Morgan fingerprint density at radius 3 is 2.92 bits per heavy atom. The van der Waals surface area contributed by atoms with Crippen molar-refractivity contribution in [1.82, 2.24) is 0 Å². The van der Waals surface area contributed by atoms with Gasteiger partial charge < -0.3 is 4.90 Å². The topological polar surface area (TPSA) is 27.0 Å². The predicted molar refractivity (Wildman–Crippen MR) is 55.5 cm³/mol. The highest BCUT2D eigenvalue weighted by atomic mass is 79.9. The molecule has 0 bridgehead atoms. The minimum atomic E-state index is 0.575. The van der Waals surface area contributed by atoms with Gasteiger partial charge in [-0.05, 0) is 28.1 Å². The molecule has 0 unspecified atom stereocenters. The summed E-state index contributed by atoms with van der Waals surface area (Å²) in [5.74, 6) is 0. The first kappa shape index (κ1) is 9.56. The Bertz CT molecular complexity index is 289.